The molecule has 0 bridgehead atoms. The molecular formula is C16H22N2O2S. The van der Waals surface area contributed by atoms with Crippen molar-refractivity contribution in [1.29, 1.82) is 0 Å². The molecule has 1 atom stereocenters. The normalized spacial score (nSPS) is 18.3. The molecule has 0 amide bonds. The van der Waals surface area contributed by atoms with Gasteiger partial charge in [0.05, 0.1) is 5.75 Å². The predicted molar refractivity (Wildman–Crippen MR) is 86.1 cm³/mol. The first-order valence-electron chi connectivity index (χ1n) is 7.58. The zero-order chi connectivity index (χ0) is 15.0. The molecule has 1 aromatic heterocycles. The summed E-state index contributed by atoms with van der Waals surface area (Å²) in [5.41, 5.74) is 4.84. The Balaban J connectivity index is 1.77. The minimum atomic E-state index is -3.15. The van der Waals surface area contributed by atoms with Crippen LogP contribution in [0.15, 0.2) is 18.2 Å². The van der Waals surface area contributed by atoms with Gasteiger partial charge in [0.1, 0.15) is 0 Å². The van der Waals surface area contributed by atoms with Gasteiger partial charge in [0.15, 0.2) is 0 Å². The van der Waals surface area contributed by atoms with Crippen LogP contribution in [0.1, 0.15) is 36.6 Å². The van der Waals surface area contributed by atoms with Crippen molar-refractivity contribution in [3.63, 3.8) is 0 Å². The summed E-state index contributed by atoms with van der Waals surface area (Å²) in [6, 6.07) is 6.37. The lowest BCUT2D eigenvalue weighted by Gasteiger charge is -2.12. The Morgan fingerprint density at radius 2 is 2.14 bits per heavy atom. The van der Waals surface area contributed by atoms with Gasteiger partial charge in [-0.25, -0.2) is 13.1 Å². The summed E-state index contributed by atoms with van der Waals surface area (Å²) in [5, 5.41) is 1.24. The van der Waals surface area contributed by atoms with Gasteiger partial charge in [-0.2, -0.15) is 0 Å². The number of aromatic amines is 1. The van der Waals surface area contributed by atoms with Gasteiger partial charge in [0.25, 0.3) is 0 Å². The van der Waals surface area contributed by atoms with Crippen LogP contribution in [0, 0.1) is 6.92 Å². The Labute approximate surface area is 126 Å². The van der Waals surface area contributed by atoms with E-state index in [0.717, 1.165) is 31.2 Å². The van der Waals surface area contributed by atoms with E-state index in [1.54, 1.807) is 0 Å². The number of unbranched alkanes of at least 4 members (excludes halogenated alkanes) is 1. The van der Waals surface area contributed by atoms with Gasteiger partial charge in [-0.3, -0.25) is 0 Å². The second-order valence-corrected chi connectivity index (χ2v) is 7.90. The number of benzene rings is 1. The van der Waals surface area contributed by atoms with Crippen LogP contribution < -0.4 is 4.72 Å². The fourth-order valence-corrected chi connectivity index (χ4v) is 4.58. The van der Waals surface area contributed by atoms with Crippen LogP contribution in [0.5, 0.6) is 0 Å². The smallest absolute Gasteiger partial charge is 0.211 e. The number of rotatable bonds is 5. The average molecular weight is 306 g/mol. The van der Waals surface area contributed by atoms with Gasteiger partial charge >= 0.3 is 0 Å². The minimum absolute atomic E-state index is 0.00183. The summed E-state index contributed by atoms with van der Waals surface area (Å²) >= 11 is 0. The maximum absolute atomic E-state index is 12.0. The lowest BCUT2D eigenvalue weighted by atomic mass is 10.1. The van der Waals surface area contributed by atoms with Crippen LogP contribution in [0.2, 0.25) is 0 Å². The van der Waals surface area contributed by atoms with E-state index in [1.165, 1.54) is 22.2 Å². The molecule has 2 aromatic rings. The van der Waals surface area contributed by atoms with Crippen LogP contribution in [0.4, 0.5) is 0 Å². The molecule has 0 aliphatic heterocycles. The number of sulfonamides is 1. The highest BCUT2D eigenvalue weighted by Gasteiger charge is 2.28. The summed E-state index contributed by atoms with van der Waals surface area (Å²) < 4.78 is 26.9. The molecule has 0 fully saturated rings. The van der Waals surface area contributed by atoms with E-state index in [2.05, 4.69) is 34.8 Å². The van der Waals surface area contributed by atoms with Gasteiger partial charge in [0, 0.05) is 29.1 Å². The van der Waals surface area contributed by atoms with Crippen LogP contribution >= 0.6 is 0 Å². The van der Waals surface area contributed by atoms with Gasteiger partial charge in [-0.1, -0.05) is 25.0 Å². The monoisotopic (exact) mass is 306 g/mol. The maximum atomic E-state index is 12.0. The summed E-state index contributed by atoms with van der Waals surface area (Å²) in [4.78, 5) is 3.43. The van der Waals surface area contributed by atoms with Gasteiger partial charge in [0.2, 0.25) is 10.0 Å². The third-order valence-electron chi connectivity index (χ3n) is 4.16. The fraction of sp³-hybridized carbons (Fsp3) is 0.500. The second-order valence-electron chi connectivity index (χ2n) is 6.03. The number of hydrogen-bond donors (Lipinski definition) is 2. The number of hydrogen-bond acceptors (Lipinski definition) is 2. The zero-order valence-electron chi connectivity index (χ0n) is 12.6. The van der Waals surface area contributed by atoms with E-state index in [9.17, 15) is 8.42 Å². The Hall–Kier alpha value is -1.33. The first kappa shape index (κ1) is 14.6. The van der Waals surface area contributed by atoms with E-state index in [4.69, 9.17) is 0 Å². The van der Waals surface area contributed by atoms with E-state index in [0.29, 0.717) is 0 Å². The van der Waals surface area contributed by atoms with E-state index in [-0.39, 0.29) is 11.8 Å². The molecular weight excluding hydrogens is 284 g/mol. The Kier molecular flexibility index (Phi) is 3.80. The van der Waals surface area contributed by atoms with E-state index < -0.39 is 10.0 Å². The largest absolute Gasteiger partial charge is 0.358 e. The first-order chi connectivity index (χ1) is 9.98. The third-order valence-corrected chi connectivity index (χ3v) is 5.68. The molecule has 1 heterocycles. The van der Waals surface area contributed by atoms with Crippen molar-refractivity contribution >= 4 is 20.9 Å². The average Bonchev–Trinajstić information content (AvgIpc) is 2.93. The fourth-order valence-electron chi connectivity index (χ4n) is 3.12. The van der Waals surface area contributed by atoms with Crippen molar-refractivity contribution in [2.45, 2.75) is 45.6 Å². The molecule has 114 valence electrons. The Bertz CT molecular complexity index is 762. The van der Waals surface area contributed by atoms with Gasteiger partial charge in [-0.15, -0.1) is 0 Å². The molecule has 1 aromatic carbocycles. The lowest BCUT2D eigenvalue weighted by Crippen LogP contribution is -2.37. The number of H-pyrrole nitrogens is 1. The van der Waals surface area contributed by atoms with Crippen molar-refractivity contribution in [3.05, 3.63) is 35.0 Å². The topological polar surface area (TPSA) is 62.0 Å². The number of aryl methyl sites for hydroxylation is 1. The highest BCUT2D eigenvalue weighted by Crippen LogP contribution is 2.31. The third kappa shape index (κ3) is 2.99. The summed E-state index contributed by atoms with van der Waals surface area (Å²) in [6.07, 6.45) is 3.16. The SMILES string of the molecule is CCCCS(=O)(=O)NC1Cc2[nH]c3ccc(C)cc3c2C1. The van der Waals surface area contributed by atoms with Crippen LogP contribution in [-0.2, 0) is 22.9 Å². The molecule has 21 heavy (non-hydrogen) atoms. The van der Waals surface area contributed by atoms with Crippen molar-refractivity contribution in [1.82, 2.24) is 9.71 Å². The molecule has 3 rings (SSSR count). The molecule has 0 saturated heterocycles. The molecule has 4 nitrogen and oxygen atoms in total. The van der Waals surface area contributed by atoms with Crippen LogP contribution in [-0.4, -0.2) is 25.2 Å². The molecule has 1 aliphatic carbocycles. The maximum Gasteiger partial charge on any atom is 0.211 e. The highest BCUT2D eigenvalue weighted by atomic mass is 32.2. The summed E-state index contributed by atoms with van der Waals surface area (Å²) in [6.45, 7) is 4.09. The Morgan fingerprint density at radius 1 is 1.33 bits per heavy atom. The predicted octanol–water partition coefficient (Wildman–Crippen LogP) is 2.66. The number of aromatic nitrogens is 1. The summed E-state index contributed by atoms with van der Waals surface area (Å²) in [5.74, 6) is 0.230. The zero-order valence-corrected chi connectivity index (χ0v) is 13.4. The van der Waals surface area contributed by atoms with Crippen molar-refractivity contribution in [3.8, 4) is 0 Å². The molecule has 5 heteroatoms. The van der Waals surface area contributed by atoms with Crippen LogP contribution in [0.3, 0.4) is 0 Å². The first-order valence-corrected chi connectivity index (χ1v) is 9.24. The van der Waals surface area contributed by atoms with Gasteiger partial charge < -0.3 is 4.98 Å². The molecule has 1 unspecified atom stereocenters. The van der Waals surface area contributed by atoms with Crippen molar-refractivity contribution in [2.24, 2.45) is 0 Å². The molecule has 0 radical (unpaired) electrons. The van der Waals surface area contributed by atoms with Crippen molar-refractivity contribution in [2.75, 3.05) is 5.75 Å². The second kappa shape index (κ2) is 5.46. The molecule has 0 saturated carbocycles. The Morgan fingerprint density at radius 3 is 2.90 bits per heavy atom. The van der Waals surface area contributed by atoms with Gasteiger partial charge in [-0.05, 0) is 37.5 Å². The van der Waals surface area contributed by atoms with E-state index in [1.807, 2.05) is 6.92 Å². The van der Waals surface area contributed by atoms with Crippen molar-refractivity contribution < 1.29 is 8.42 Å². The molecule has 1 aliphatic rings. The number of nitrogens with one attached hydrogen (secondary N) is 2. The van der Waals surface area contributed by atoms with Crippen LogP contribution in [0.25, 0.3) is 10.9 Å². The summed E-state index contributed by atoms with van der Waals surface area (Å²) in [7, 11) is -3.15. The molecule has 2 N–H and O–H groups in total. The standard InChI is InChI=1S/C16H22N2O2S/c1-3-4-7-21(19,20)18-12-9-14-13-8-11(2)5-6-15(13)17-16(14)10-12/h5-6,8,12,17-18H,3-4,7,9-10H2,1-2H3. The minimum Gasteiger partial charge on any atom is -0.358 e. The quantitative estimate of drug-likeness (QED) is 0.892. The van der Waals surface area contributed by atoms with E-state index >= 15 is 0 Å². The number of fused-ring (bicyclic) bond motifs is 3. The highest BCUT2D eigenvalue weighted by molar-refractivity contribution is 7.89. The molecule has 0 spiro atoms. The lowest BCUT2D eigenvalue weighted by molar-refractivity contribution is 0.552.